The maximum atomic E-state index is 4.25. The second-order valence-corrected chi connectivity index (χ2v) is 4.89. The van der Waals surface area contributed by atoms with E-state index in [4.69, 9.17) is 0 Å². The first-order chi connectivity index (χ1) is 9.17. The summed E-state index contributed by atoms with van der Waals surface area (Å²) < 4.78 is 0. The number of rotatable bonds is 9. The predicted octanol–water partition coefficient (Wildman–Crippen LogP) is 2.40. The van der Waals surface area contributed by atoms with Crippen LogP contribution in [0.4, 0.5) is 5.82 Å². The Kier molecular flexibility index (Phi) is 6.82. The van der Waals surface area contributed by atoms with Crippen LogP contribution in [-0.4, -0.2) is 29.8 Å². The van der Waals surface area contributed by atoms with Gasteiger partial charge in [-0.1, -0.05) is 26.0 Å². The fourth-order valence-corrected chi connectivity index (χ4v) is 1.68. The minimum absolute atomic E-state index is 0.642. The van der Waals surface area contributed by atoms with E-state index < -0.39 is 0 Å². The molecule has 0 radical (unpaired) electrons. The number of nitrogens with one attached hydrogen (secondary N) is 1. The van der Waals surface area contributed by atoms with Crippen LogP contribution in [0.3, 0.4) is 0 Å². The van der Waals surface area contributed by atoms with Crippen LogP contribution in [0.15, 0.2) is 37.4 Å². The maximum Gasteiger partial charge on any atom is 0.151 e. The van der Waals surface area contributed by atoms with Gasteiger partial charge >= 0.3 is 0 Å². The molecule has 19 heavy (non-hydrogen) atoms. The Balaban J connectivity index is 2.58. The van der Waals surface area contributed by atoms with Gasteiger partial charge in [0.2, 0.25) is 0 Å². The average molecular weight is 260 g/mol. The SMILES string of the molecule is C=CCN(CC=C)c1ccc(CNCC(C)C)nn1. The van der Waals surface area contributed by atoms with Crippen molar-refractivity contribution in [3.8, 4) is 0 Å². The first kappa shape index (κ1) is 15.4. The summed E-state index contributed by atoms with van der Waals surface area (Å²) in [5.74, 6) is 1.50. The molecule has 1 rings (SSSR count). The molecular formula is C15H24N4. The molecular weight excluding hydrogens is 236 g/mol. The molecule has 0 saturated carbocycles. The third-order valence-corrected chi connectivity index (χ3v) is 2.59. The standard InChI is InChI=1S/C15H24N4/c1-5-9-19(10-6-2)15-8-7-14(17-18-15)12-16-11-13(3)4/h5-8,13,16H,1-2,9-12H2,3-4H3. The van der Waals surface area contributed by atoms with Crippen molar-refractivity contribution in [3.05, 3.63) is 43.1 Å². The largest absolute Gasteiger partial charge is 0.348 e. The molecule has 4 heteroatoms. The van der Waals surface area contributed by atoms with E-state index in [0.717, 1.165) is 37.7 Å². The van der Waals surface area contributed by atoms with E-state index in [0.29, 0.717) is 5.92 Å². The third kappa shape index (κ3) is 5.66. The van der Waals surface area contributed by atoms with Crippen molar-refractivity contribution >= 4 is 5.82 Å². The molecule has 1 aromatic heterocycles. The molecule has 0 aliphatic rings. The minimum atomic E-state index is 0.642. The molecule has 0 spiro atoms. The molecule has 1 N–H and O–H groups in total. The lowest BCUT2D eigenvalue weighted by Gasteiger charge is -2.19. The summed E-state index contributed by atoms with van der Waals surface area (Å²) in [6.07, 6.45) is 3.70. The summed E-state index contributed by atoms with van der Waals surface area (Å²) in [5.41, 5.74) is 0.960. The summed E-state index contributed by atoms with van der Waals surface area (Å²) in [6, 6.07) is 4.00. The van der Waals surface area contributed by atoms with Gasteiger partial charge in [-0.2, -0.15) is 5.10 Å². The number of nitrogens with zero attached hydrogens (tertiary/aromatic N) is 3. The average Bonchev–Trinajstić information content (AvgIpc) is 2.39. The Bertz CT molecular complexity index is 374. The molecule has 0 atom stereocenters. The van der Waals surface area contributed by atoms with Gasteiger partial charge in [-0.05, 0) is 24.6 Å². The lowest BCUT2D eigenvalue weighted by atomic mass is 10.2. The molecule has 0 aromatic carbocycles. The summed E-state index contributed by atoms with van der Waals surface area (Å²) >= 11 is 0. The molecule has 1 aromatic rings. The van der Waals surface area contributed by atoms with Crippen LogP contribution in [0.2, 0.25) is 0 Å². The highest BCUT2D eigenvalue weighted by atomic mass is 15.3. The number of anilines is 1. The Labute approximate surface area is 116 Å². The highest BCUT2D eigenvalue weighted by Gasteiger charge is 2.05. The van der Waals surface area contributed by atoms with Gasteiger partial charge in [0.15, 0.2) is 5.82 Å². The first-order valence-electron chi connectivity index (χ1n) is 6.67. The Morgan fingerprint density at radius 2 is 1.89 bits per heavy atom. The van der Waals surface area contributed by atoms with Crippen molar-refractivity contribution in [1.82, 2.24) is 15.5 Å². The van der Waals surface area contributed by atoms with Crippen LogP contribution >= 0.6 is 0 Å². The van der Waals surface area contributed by atoms with E-state index in [1.54, 1.807) is 0 Å². The van der Waals surface area contributed by atoms with Gasteiger partial charge in [-0.15, -0.1) is 18.3 Å². The molecule has 0 aliphatic heterocycles. The molecule has 0 saturated heterocycles. The monoisotopic (exact) mass is 260 g/mol. The zero-order valence-electron chi connectivity index (χ0n) is 12.0. The van der Waals surface area contributed by atoms with E-state index in [1.165, 1.54) is 0 Å². The van der Waals surface area contributed by atoms with Crippen molar-refractivity contribution in [1.29, 1.82) is 0 Å². The number of aromatic nitrogens is 2. The number of hydrogen-bond donors (Lipinski definition) is 1. The van der Waals surface area contributed by atoms with Crippen molar-refractivity contribution in [2.45, 2.75) is 20.4 Å². The topological polar surface area (TPSA) is 41.0 Å². The van der Waals surface area contributed by atoms with Crippen LogP contribution in [-0.2, 0) is 6.54 Å². The maximum absolute atomic E-state index is 4.25. The molecule has 0 unspecified atom stereocenters. The van der Waals surface area contributed by atoms with E-state index in [-0.39, 0.29) is 0 Å². The van der Waals surface area contributed by atoms with Crippen molar-refractivity contribution in [2.75, 3.05) is 24.5 Å². The highest BCUT2D eigenvalue weighted by molar-refractivity contribution is 5.38. The van der Waals surface area contributed by atoms with Crippen LogP contribution in [0, 0.1) is 5.92 Å². The van der Waals surface area contributed by atoms with E-state index >= 15 is 0 Å². The summed E-state index contributed by atoms with van der Waals surface area (Å²) in [4.78, 5) is 2.07. The lowest BCUT2D eigenvalue weighted by Crippen LogP contribution is -2.25. The molecule has 0 aliphatic carbocycles. The smallest absolute Gasteiger partial charge is 0.151 e. The molecule has 0 bridgehead atoms. The molecule has 4 nitrogen and oxygen atoms in total. The van der Waals surface area contributed by atoms with Gasteiger partial charge in [-0.25, -0.2) is 0 Å². The van der Waals surface area contributed by atoms with Gasteiger partial charge in [0.1, 0.15) is 0 Å². The molecule has 1 heterocycles. The Morgan fingerprint density at radius 3 is 2.37 bits per heavy atom. The normalized spacial score (nSPS) is 10.5. The summed E-state index contributed by atoms with van der Waals surface area (Å²) in [5, 5.41) is 11.8. The molecule has 0 amide bonds. The van der Waals surface area contributed by atoms with Crippen LogP contribution in [0.5, 0.6) is 0 Å². The van der Waals surface area contributed by atoms with E-state index in [1.807, 2.05) is 24.3 Å². The zero-order valence-corrected chi connectivity index (χ0v) is 12.0. The van der Waals surface area contributed by atoms with Gasteiger partial charge in [-0.3, -0.25) is 0 Å². The second-order valence-electron chi connectivity index (χ2n) is 4.89. The quantitative estimate of drug-likeness (QED) is 0.692. The van der Waals surface area contributed by atoms with Crippen molar-refractivity contribution < 1.29 is 0 Å². The van der Waals surface area contributed by atoms with Gasteiger partial charge in [0.25, 0.3) is 0 Å². The van der Waals surface area contributed by atoms with Crippen LogP contribution in [0.1, 0.15) is 19.5 Å². The highest BCUT2D eigenvalue weighted by Crippen LogP contribution is 2.09. The Hall–Kier alpha value is -1.68. The van der Waals surface area contributed by atoms with Crippen LogP contribution < -0.4 is 10.2 Å². The fourth-order valence-electron chi connectivity index (χ4n) is 1.68. The summed E-state index contributed by atoms with van der Waals surface area (Å²) in [7, 11) is 0. The van der Waals surface area contributed by atoms with Gasteiger partial charge in [0.05, 0.1) is 5.69 Å². The van der Waals surface area contributed by atoms with Gasteiger partial charge in [0, 0.05) is 19.6 Å². The van der Waals surface area contributed by atoms with Gasteiger partial charge < -0.3 is 10.2 Å². The second kappa shape index (κ2) is 8.43. The minimum Gasteiger partial charge on any atom is -0.348 e. The van der Waals surface area contributed by atoms with Crippen molar-refractivity contribution in [2.24, 2.45) is 5.92 Å². The molecule has 104 valence electrons. The third-order valence-electron chi connectivity index (χ3n) is 2.59. The van der Waals surface area contributed by atoms with Crippen LogP contribution in [0.25, 0.3) is 0 Å². The predicted molar refractivity (Wildman–Crippen MR) is 81.2 cm³/mol. The Morgan fingerprint density at radius 1 is 1.21 bits per heavy atom. The molecule has 0 fully saturated rings. The van der Waals surface area contributed by atoms with E-state index in [9.17, 15) is 0 Å². The fraction of sp³-hybridized carbons (Fsp3) is 0.467. The summed E-state index contributed by atoms with van der Waals surface area (Å²) in [6.45, 7) is 15.1. The van der Waals surface area contributed by atoms with E-state index in [2.05, 4.69) is 47.4 Å². The zero-order chi connectivity index (χ0) is 14.1. The van der Waals surface area contributed by atoms with Crippen molar-refractivity contribution in [3.63, 3.8) is 0 Å². The lowest BCUT2D eigenvalue weighted by molar-refractivity contribution is 0.546. The number of hydrogen-bond acceptors (Lipinski definition) is 4. The first-order valence-corrected chi connectivity index (χ1v) is 6.67.